The van der Waals surface area contributed by atoms with E-state index >= 15 is 0 Å². The molecule has 5 nitrogen and oxygen atoms in total. The van der Waals surface area contributed by atoms with Crippen LogP contribution in [0.1, 0.15) is 42.5 Å². The van der Waals surface area contributed by atoms with Crippen molar-refractivity contribution in [1.82, 2.24) is 9.97 Å². The number of hydrogen-bond donors (Lipinski definition) is 2. The van der Waals surface area contributed by atoms with Crippen molar-refractivity contribution in [3.63, 3.8) is 0 Å². The molecule has 1 aliphatic rings. The lowest BCUT2D eigenvalue weighted by atomic mass is 9.95. The normalized spacial score (nSPS) is 14.4. The minimum absolute atomic E-state index is 0.136. The number of benzene rings is 2. The summed E-state index contributed by atoms with van der Waals surface area (Å²) in [5, 5.41) is 6.45. The fourth-order valence-corrected chi connectivity index (χ4v) is 3.59. The van der Waals surface area contributed by atoms with Gasteiger partial charge in [-0.15, -0.1) is 0 Å². The van der Waals surface area contributed by atoms with E-state index in [-0.39, 0.29) is 5.91 Å². The molecule has 1 amide bonds. The smallest absolute Gasteiger partial charge is 0.255 e. The van der Waals surface area contributed by atoms with Crippen LogP contribution in [0.5, 0.6) is 0 Å². The topological polar surface area (TPSA) is 66.9 Å². The molecule has 0 aliphatic heterocycles. The maximum Gasteiger partial charge on any atom is 0.255 e. The molecule has 1 aromatic heterocycles. The molecule has 1 aliphatic carbocycles. The van der Waals surface area contributed by atoms with Crippen molar-refractivity contribution in [2.45, 2.75) is 38.1 Å². The second kappa shape index (κ2) is 8.65. The van der Waals surface area contributed by atoms with Gasteiger partial charge >= 0.3 is 0 Å². The average molecular weight is 372 g/mol. The lowest BCUT2D eigenvalue weighted by Gasteiger charge is -2.23. The van der Waals surface area contributed by atoms with Gasteiger partial charge in [-0.1, -0.05) is 49.6 Å². The van der Waals surface area contributed by atoms with Crippen LogP contribution in [0.4, 0.5) is 11.5 Å². The van der Waals surface area contributed by atoms with E-state index in [1.165, 1.54) is 32.1 Å². The fraction of sp³-hybridized carbons (Fsp3) is 0.261. The van der Waals surface area contributed by atoms with Gasteiger partial charge in [-0.05, 0) is 37.1 Å². The number of rotatable bonds is 5. The summed E-state index contributed by atoms with van der Waals surface area (Å²) in [7, 11) is 0. The van der Waals surface area contributed by atoms with E-state index < -0.39 is 0 Å². The molecule has 0 bridgehead atoms. The summed E-state index contributed by atoms with van der Waals surface area (Å²) in [5.41, 5.74) is 3.08. The Hall–Kier alpha value is -3.21. The van der Waals surface area contributed by atoms with E-state index in [9.17, 15) is 4.79 Å². The maximum absolute atomic E-state index is 12.6. The zero-order valence-electron chi connectivity index (χ0n) is 15.8. The molecule has 2 N–H and O–H groups in total. The monoisotopic (exact) mass is 372 g/mol. The van der Waals surface area contributed by atoms with Crippen molar-refractivity contribution in [2.24, 2.45) is 0 Å². The Labute approximate surface area is 165 Å². The van der Waals surface area contributed by atoms with Crippen molar-refractivity contribution in [3.8, 4) is 11.3 Å². The van der Waals surface area contributed by atoms with Gasteiger partial charge in [-0.2, -0.15) is 0 Å². The molecule has 1 saturated carbocycles. The van der Waals surface area contributed by atoms with Crippen LogP contribution in [0.15, 0.2) is 67.0 Å². The second-order valence-corrected chi connectivity index (χ2v) is 7.17. The second-order valence-electron chi connectivity index (χ2n) is 7.17. The molecule has 5 heteroatoms. The Bertz CT molecular complexity index is 936. The lowest BCUT2D eigenvalue weighted by Crippen LogP contribution is -2.22. The van der Waals surface area contributed by atoms with Crippen molar-refractivity contribution in [2.75, 3.05) is 10.6 Å². The summed E-state index contributed by atoms with van der Waals surface area (Å²) in [4.78, 5) is 21.3. The number of carbonyl (C=O) groups is 1. The maximum atomic E-state index is 12.6. The molecular formula is C23H24N4O. The van der Waals surface area contributed by atoms with E-state index in [0.29, 0.717) is 11.6 Å². The minimum atomic E-state index is -0.136. The molecule has 2 aromatic carbocycles. The molecule has 142 valence electrons. The van der Waals surface area contributed by atoms with E-state index in [4.69, 9.17) is 0 Å². The zero-order valence-corrected chi connectivity index (χ0v) is 15.8. The first kappa shape index (κ1) is 18.2. The molecule has 0 saturated heterocycles. The minimum Gasteiger partial charge on any atom is -0.367 e. The van der Waals surface area contributed by atoms with E-state index in [1.54, 1.807) is 6.33 Å². The molecule has 0 unspecified atom stereocenters. The predicted molar refractivity (Wildman–Crippen MR) is 112 cm³/mol. The Morgan fingerprint density at radius 3 is 2.54 bits per heavy atom. The van der Waals surface area contributed by atoms with Gasteiger partial charge in [0.25, 0.3) is 5.91 Å². The summed E-state index contributed by atoms with van der Waals surface area (Å²) >= 11 is 0. The first-order valence-electron chi connectivity index (χ1n) is 9.83. The zero-order chi connectivity index (χ0) is 19.2. The largest absolute Gasteiger partial charge is 0.367 e. The molecule has 0 radical (unpaired) electrons. The molecule has 3 aromatic rings. The quantitative estimate of drug-likeness (QED) is 0.651. The standard InChI is InChI=1S/C23H24N4O/c28-23(27-20-12-5-2-6-13-20)18-9-7-8-17(14-18)21-15-22(25-16-24-21)26-19-10-3-1-4-11-19/h2,5-9,12-16,19H,1,3-4,10-11H2,(H,27,28)(H,24,25,26). The van der Waals surface area contributed by atoms with Gasteiger partial charge in [0.1, 0.15) is 12.1 Å². The number of nitrogens with one attached hydrogen (secondary N) is 2. The number of aromatic nitrogens is 2. The molecule has 28 heavy (non-hydrogen) atoms. The van der Waals surface area contributed by atoms with Gasteiger partial charge in [0.05, 0.1) is 5.69 Å². The van der Waals surface area contributed by atoms with Gasteiger partial charge in [-0.25, -0.2) is 9.97 Å². The molecule has 4 rings (SSSR count). The van der Waals surface area contributed by atoms with Crippen LogP contribution in [-0.2, 0) is 0 Å². The van der Waals surface area contributed by atoms with Crippen molar-refractivity contribution < 1.29 is 4.79 Å². The first-order chi connectivity index (χ1) is 13.8. The average Bonchev–Trinajstić information content (AvgIpc) is 2.75. The van der Waals surface area contributed by atoms with Crippen LogP contribution in [0.3, 0.4) is 0 Å². The van der Waals surface area contributed by atoms with Gasteiger partial charge in [-0.3, -0.25) is 4.79 Å². The van der Waals surface area contributed by atoms with Gasteiger partial charge < -0.3 is 10.6 Å². The highest BCUT2D eigenvalue weighted by molar-refractivity contribution is 6.04. The summed E-state index contributed by atoms with van der Waals surface area (Å²) < 4.78 is 0. The predicted octanol–water partition coefficient (Wildman–Crippen LogP) is 5.14. The molecule has 1 heterocycles. The number of hydrogen-bond acceptors (Lipinski definition) is 4. The van der Waals surface area contributed by atoms with Gasteiger partial charge in [0.15, 0.2) is 0 Å². The van der Waals surface area contributed by atoms with Gasteiger partial charge in [0, 0.05) is 28.9 Å². The van der Waals surface area contributed by atoms with Crippen LogP contribution in [-0.4, -0.2) is 21.9 Å². The number of amides is 1. The third kappa shape index (κ3) is 4.55. The SMILES string of the molecule is O=C(Nc1ccccc1)c1cccc(-c2cc(NC3CCCCC3)ncn2)c1. The third-order valence-corrected chi connectivity index (χ3v) is 5.08. The van der Waals surface area contributed by atoms with E-state index in [1.807, 2.05) is 60.7 Å². The fourth-order valence-electron chi connectivity index (χ4n) is 3.59. The van der Waals surface area contributed by atoms with Crippen molar-refractivity contribution in [3.05, 3.63) is 72.6 Å². The highest BCUT2D eigenvalue weighted by Crippen LogP contribution is 2.24. The summed E-state index contributed by atoms with van der Waals surface area (Å²) in [6.45, 7) is 0. The lowest BCUT2D eigenvalue weighted by molar-refractivity contribution is 0.102. The summed E-state index contributed by atoms with van der Waals surface area (Å²) in [6, 6.07) is 19.4. The Balaban J connectivity index is 1.50. The summed E-state index contributed by atoms with van der Waals surface area (Å²) in [5.74, 6) is 0.707. The van der Waals surface area contributed by atoms with Crippen LogP contribution in [0.2, 0.25) is 0 Å². The number of carbonyl (C=O) groups excluding carboxylic acids is 1. The Morgan fingerprint density at radius 2 is 1.71 bits per heavy atom. The number of para-hydroxylation sites is 1. The Morgan fingerprint density at radius 1 is 0.893 bits per heavy atom. The number of nitrogens with zero attached hydrogens (tertiary/aromatic N) is 2. The molecular weight excluding hydrogens is 348 g/mol. The highest BCUT2D eigenvalue weighted by atomic mass is 16.1. The highest BCUT2D eigenvalue weighted by Gasteiger charge is 2.14. The van der Waals surface area contributed by atoms with E-state index in [0.717, 1.165) is 22.8 Å². The van der Waals surface area contributed by atoms with Crippen molar-refractivity contribution in [1.29, 1.82) is 0 Å². The molecule has 0 spiro atoms. The molecule has 1 fully saturated rings. The van der Waals surface area contributed by atoms with Crippen molar-refractivity contribution >= 4 is 17.4 Å². The van der Waals surface area contributed by atoms with Crippen LogP contribution in [0, 0.1) is 0 Å². The van der Waals surface area contributed by atoms with Crippen LogP contribution >= 0.6 is 0 Å². The third-order valence-electron chi connectivity index (χ3n) is 5.08. The van der Waals surface area contributed by atoms with E-state index in [2.05, 4.69) is 20.6 Å². The Kier molecular flexibility index (Phi) is 5.61. The van der Waals surface area contributed by atoms with Crippen LogP contribution < -0.4 is 10.6 Å². The number of anilines is 2. The summed E-state index contributed by atoms with van der Waals surface area (Å²) in [6.07, 6.45) is 7.83. The van der Waals surface area contributed by atoms with Gasteiger partial charge in [0.2, 0.25) is 0 Å². The first-order valence-corrected chi connectivity index (χ1v) is 9.83. The molecule has 0 atom stereocenters. The van der Waals surface area contributed by atoms with Crippen LogP contribution in [0.25, 0.3) is 11.3 Å².